The summed E-state index contributed by atoms with van der Waals surface area (Å²) in [5, 5.41) is 19.8. The van der Waals surface area contributed by atoms with Gasteiger partial charge in [0.25, 0.3) is 0 Å². The van der Waals surface area contributed by atoms with Crippen LogP contribution in [0.1, 0.15) is 23.1 Å². The monoisotopic (exact) mass is 319 g/mol. The standard InChI is InChI=1S/C16H17NO6/c1-10-7-12(9-18)8-11(2)15(10)23-16(19)22-14-5-3-13(4-6-14)17(20)21/h3,5-8,13,18H,4,9H2,1-2H3. The topological polar surface area (TPSA) is 98.9 Å². The van der Waals surface area contributed by atoms with Crippen LogP contribution >= 0.6 is 0 Å². The van der Waals surface area contributed by atoms with Crippen LogP contribution in [0.5, 0.6) is 5.75 Å². The lowest BCUT2D eigenvalue weighted by molar-refractivity contribution is -0.508. The predicted molar refractivity (Wildman–Crippen MR) is 81.6 cm³/mol. The van der Waals surface area contributed by atoms with Gasteiger partial charge >= 0.3 is 6.16 Å². The number of aliphatic hydroxyl groups is 1. The Morgan fingerprint density at radius 3 is 2.48 bits per heavy atom. The van der Waals surface area contributed by atoms with Gasteiger partial charge in [0.2, 0.25) is 6.04 Å². The molecule has 0 spiro atoms. The molecule has 0 heterocycles. The third-order valence-electron chi connectivity index (χ3n) is 3.40. The van der Waals surface area contributed by atoms with E-state index in [9.17, 15) is 14.9 Å². The van der Waals surface area contributed by atoms with Gasteiger partial charge in [-0.25, -0.2) is 4.79 Å². The molecule has 0 radical (unpaired) electrons. The van der Waals surface area contributed by atoms with Crippen molar-refractivity contribution in [1.82, 2.24) is 0 Å². The summed E-state index contributed by atoms with van der Waals surface area (Å²) in [7, 11) is 0. The summed E-state index contributed by atoms with van der Waals surface area (Å²) in [5.41, 5.74) is 2.13. The first-order chi connectivity index (χ1) is 10.9. The molecule has 0 fully saturated rings. The molecule has 122 valence electrons. The van der Waals surface area contributed by atoms with Gasteiger partial charge in [-0.15, -0.1) is 0 Å². The molecule has 1 aliphatic rings. The maximum absolute atomic E-state index is 11.9. The fraction of sp³-hybridized carbons (Fsp3) is 0.312. The number of aryl methyl sites for hydroxylation is 2. The zero-order valence-corrected chi connectivity index (χ0v) is 12.8. The molecule has 0 aliphatic heterocycles. The van der Waals surface area contributed by atoms with E-state index in [0.29, 0.717) is 16.9 Å². The van der Waals surface area contributed by atoms with Gasteiger partial charge < -0.3 is 14.6 Å². The summed E-state index contributed by atoms with van der Waals surface area (Å²) in [4.78, 5) is 22.1. The van der Waals surface area contributed by atoms with Gasteiger partial charge in [0.15, 0.2) is 0 Å². The predicted octanol–water partition coefficient (Wildman–Crippen LogP) is 2.80. The lowest BCUT2D eigenvalue weighted by Crippen LogP contribution is -2.19. The Morgan fingerprint density at radius 1 is 1.35 bits per heavy atom. The molecule has 1 atom stereocenters. The normalized spacial score (nSPS) is 16.7. The van der Waals surface area contributed by atoms with E-state index >= 15 is 0 Å². The Morgan fingerprint density at radius 2 is 2.00 bits per heavy atom. The van der Waals surface area contributed by atoms with Crippen LogP contribution in [0.4, 0.5) is 4.79 Å². The van der Waals surface area contributed by atoms with Crippen LogP contribution in [0.15, 0.2) is 36.1 Å². The molecule has 1 unspecified atom stereocenters. The summed E-state index contributed by atoms with van der Waals surface area (Å²) in [6.45, 7) is 3.42. The number of aliphatic hydroxyl groups excluding tert-OH is 1. The molecular formula is C16H17NO6. The molecule has 1 aromatic carbocycles. The molecule has 1 aromatic rings. The van der Waals surface area contributed by atoms with Gasteiger partial charge in [0, 0.05) is 11.3 Å². The van der Waals surface area contributed by atoms with E-state index in [4.69, 9.17) is 14.6 Å². The number of rotatable bonds is 4. The van der Waals surface area contributed by atoms with Crippen molar-refractivity contribution in [3.63, 3.8) is 0 Å². The Labute approximate surface area is 133 Å². The van der Waals surface area contributed by atoms with Crippen LogP contribution in [0.3, 0.4) is 0 Å². The van der Waals surface area contributed by atoms with Crippen LogP contribution in [-0.4, -0.2) is 22.2 Å². The Kier molecular flexibility index (Phi) is 5.13. The zero-order valence-electron chi connectivity index (χ0n) is 12.8. The molecule has 0 saturated carbocycles. The minimum absolute atomic E-state index is 0.0955. The van der Waals surface area contributed by atoms with E-state index in [-0.39, 0.29) is 18.8 Å². The molecule has 7 nitrogen and oxygen atoms in total. The maximum atomic E-state index is 11.9. The molecule has 7 heteroatoms. The van der Waals surface area contributed by atoms with Crippen molar-refractivity contribution in [3.05, 3.63) is 62.9 Å². The van der Waals surface area contributed by atoms with Crippen molar-refractivity contribution in [3.8, 4) is 5.75 Å². The number of carbonyl (C=O) groups is 1. The second-order valence-corrected chi connectivity index (χ2v) is 5.22. The van der Waals surface area contributed by atoms with Gasteiger partial charge in [-0.1, -0.05) is 12.1 Å². The third-order valence-corrected chi connectivity index (χ3v) is 3.40. The van der Waals surface area contributed by atoms with Crippen LogP contribution in [0, 0.1) is 24.0 Å². The average molecular weight is 319 g/mol. The van der Waals surface area contributed by atoms with Gasteiger partial charge in [-0.3, -0.25) is 10.1 Å². The van der Waals surface area contributed by atoms with Crippen molar-refractivity contribution >= 4 is 6.16 Å². The van der Waals surface area contributed by atoms with Crippen LogP contribution in [-0.2, 0) is 11.3 Å². The molecule has 0 aromatic heterocycles. The number of benzene rings is 1. The zero-order chi connectivity index (χ0) is 17.0. The summed E-state index contributed by atoms with van der Waals surface area (Å²) in [5.74, 6) is 0.589. The Bertz CT molecular complexity index is 669. The highest BCUT2D eigenvalue weighted by Crippen LogP contribution is 2.26. The molecule has 23 heavy (non-hydrogen) atoms. The molecule has 2 rings (SSSR count). The summed E-state index contributed by atoms with van der Waals surface area (Å²) < 4.78 is 10.2. The van der Waals surface area contributed by atoms with Gasteiger partial charge in [0.05, 0.1) is 6.61 Å². The third kappa shape index (κ3) is 4.17. The smallest absolute Gasteiger partial charge is 0.395 e. The van der Waals surface area contributed by atoms with Gasteiger partial charge in [-0.05, 0) is 48.8 Å². The number of carbonyl (C=O) groups excluding carboxylic acids is 1. The summed E-state index contributed by atoms with van der Waals surface area (Å²) >= 11 is 0. The molecule has 0 bridgehead atoms. The van der Waals surface area contributed by atoms with E-state index in [0.717, 1.165) is 5.56 Å². The SMILES string of the molecule is Cc1cc(CO)cc(C)c1OC(=O)OC1=CCC([N+](=O)[O-])C=C1. The van der Waals surface area contributed by atoms with Crippen LogP contribution in [0.2, 0.25) is 0 Å². The number of nitrogens with zero attached hydrogens (tertiary/aromatic N) is 1. The fourth-order valence-corrected chi connectivity index (χ4v) is 2.31. The number of hydrogen-bond acceptors (Lipinski definition) is 6. The van der Waals surface area contributed by atoms with Gasteiger partial charge in [-0.2, -0.15) is 0 Å². The molecule has 1 aliphatic carbocycles. The van der Waals surface area contributed by atoms with Crippen molar-refractivity contribution in [1.29, 1.82) is 0 Å². The van der Waals surface area contributed by atoms with E-state index in [1.807, 2.05) is 0 Å². The van der Waals surface area contributed by atoms with E-state index in [1.165, 1.54) is 18.2 Å². The van der Waals surface area contributed by atoms with Crippen LogP contribution < -0.4 is 4.74 Å². The first-order valence-electron chi connectivity index (χ1n) is 7.03. The highest BCUT2D eigenvalue weighted by Gasteiger charge is 2.20. The highest BCUT2D eigenvalue weighted by atomic mass is 16.7. The van der Waals surface area contributed by atoms with E-state index < -0.39 is 17.1 Å². The summed E-state index contributed by atoms with van der Waals surface area (Å²) in [6.07, 6.45) is 3.48. The second-order valence-electron chi connectivity index (χ2n) is 5.22. The maximum Gasteiger partial charge on any atom is 0.519 e. The minimum Gasteiger partial charge on any atom is -0.395 e. The molecular weight excluding hydrogens is 302 g/mol. The van der Waals surface area contributed by atoms with Crippen LogP contribution in [0.25, 0.3) is 0 Å². The van der Waals surface area contributed by atoms with Crippen molar-refractivity contribution < 1.29 is 24.3 Å². The van der Waals surface area contributed by atoms with E-state index in [1.54, 1.807) is 26.0 Å². The Hall–Kier alpha value is -2.67. The number of nitro groups is 1. The molecule has 0 saturated heterocycles. The number of allylic oxidation sites excluding steroid dienone is 1. The Balaban J connectivity index is 2.01. The van der Waals surface area contributed by atoms with Crippen molar-refractivity contribution in [2.75, 3.05) is 0 Å². The summed E-state index contributed by atoms with van der Waals surface area (Å²) in [6, 6.07) is 2.64. The van der Waals surface area contributed by atoms with Crippen molar-refractivity contribution in [2.24, 2.45) is 0 Å². The lowest BCUT2D eigenvalue weighted by atomic mass is 10.1. The first kappa shape index (κ1) is 16.7. The minimum atomic E-state index is -0.914. The lowest BCUT2D eigenvalue weighted by Gasteiger charge is -2.13. The second kappa shape index (κ2) is 7.06. The fourth-order valence-electron chi connectivity index (χ4n) is 2.31. The quantitative estimate of drug-likeness (QED) is 0.396. The average Bonchev–Trinajstić information content (AvgIpc) is 2.51. The first-order valence-corrected chi connectivity index (χ1v) is 7.03. The van der Waals surface area contributed by atoms with E-state index in [2.05, 4.69) is 0 Å². The largest absolute Gasteiger partial charge is 0.519 e. The van der Waals surface area contributed by atoms with Crippen molar-refractivity contribution in [2.45, 2.75) is 32.9 Å². The molecule has 0 amide bonds. The number of hydrogen-bond donors (Lipinski definition) is 1. The molecule has 1 N–H and O–H groups in total. The number of ether oxygens (including phenoxy) is 2. The van der Waals surface area contributed by atoms with Gasteiger partial charge in [0.1, 0.15) is 11.5 Å². The highest BCUT2D eigenvalue weighted by molar-refractivity contribution is 5.67.